The second-order valence-corrected chi connectivity index (χ2v) is 6.20. The van der Waals surface area contributed by atoms with Crippen LogP contribution in [0.5, 0.6) is 0 Å². The zero-order valence-electron chi connectivity index (χ0n) is 15.7. The molecule has 1 aromatic rings. The Morgan fingerprint density at radius 3 is 2.26 bits per heavy atom. The number of hydrogen-bond donors (Lipinski definition) is 3. The Hall–Kier alpha value is -3.16. The molecule has 1 atom stereocenters. The minimum absolute atomic E-state index is 0.175. The highest BCUT2D eigenvalue weighted by atomic mass is 16.2. The van der Waals surface area contributed by atoms with E-state index in [9.17, 15) is 19.2 Å². The number of benzene rings is 1. The third-order valence-electron chi connectivity index (χ3n) is 4.10. The van der Waals surface area contributed by atoms with Gasteiger partial charge in [-0.15, -0.1) is 0 Å². The number of unbranched alkanes of at least 4 members (excludes halogenated alkanes) is 1. The molecule has 5 amide bonds. The zero-order chi connectivity index (χ0) is 20.0. The van der Waals surface area contributed by atoms with E-state index in [2.05, 4.69) is 16.0 Å². The number of carbonyl (C=O) groups excluding carboxylic acids is 4. The van der Waals surface area contributed by atoms with Crippen LogP contribution < -0.4 is 16.0 Å². The molecular formula is C19H24N4O4. The van der Waals surface area contributed by atoms with Crippen LogP contribution in [0.2, 0.25) is 0 Å². The molecule has 0 saturated carbocycles. The summed E-state index contributed by atoms with van der Waals surface area (Å²) in [5.74, 6) is -2.47. The number of allylic oxidation sites excluding steroid dienone is 1. The molecule has 8 heteroatoms. The monoisotopic (exact) mass is 372 g/mol. The van der Waals surface area contributed by atoms with Crippen molar-refractivity contribution < 1.29 is 19.2 Å². The summed E-state index contributed by atoms with van der Waals surface area (Å²) in [5, 5.41) is 7.97. The predicted molar refractivity (Wildman–Crippen MR) is 102 cm³/mol. The molecule has 0 radical (unpaired) electrons. The van der Waals surface area contributed by atoms with Crippen LogP contribution >= 0.6 is 0 Å². The summed E-state index contributed by atoms with van der Waals surface area (Å²) in [6, 6.07) is 6.18. The Balaban J connectivity index is 2.17. The van der Waals surface area contributed by atoms with E-state index < -0.39 is 23.8 Å². The molecule has 2 rings (SSSR count). The summed E-state index contributed by atoms with van der Waals surface area (Å²) >= 11 is 0. The number of urea groups is 1. The molecule has 144 valence electrons. The number of rotatable bonds is 7. The minimum atomic E-state index is -1.11. The highest BCUT2D eigenvalue weighted by Crippen LogP contribution is 2.23. The van der Waals surface area contributed by atoms with Gasteiger partial charge in [0.15, 0.2) is 5.92 Å². The van der Waals surface area contributed by atoms with Gasteiger partial charge in [0.1, 0.15) is 0 Å². The lowest BCUT2D eigenvalue weighted by Crippen LogP contribution is -2.58. The maximum atomic E-state index is 12.7. The van der Waals surface area contributed by atoms with Gasteiger partial charge in [0.05, 0.1) is 0 Å². The molecule has 3 N–H and O–H groups in total. The molecule has 0 aromatic heterocycles. The van der Waals surface area contributed by atoms with Crippen molar-refractivity contribution in [2.45, 2.75) is 33.6 Å². The molecule has 1 heterocycles. The molecule has 1 aliphatic rings. The van der Waals surface area contributed by atoms with Gasteiger partial charge >= 0.3 is 6.03 Å². The smallest absolute Gasteiger partial charge is 0.330 e. The molecular weight excluding hydrogens is 348 g/mol. The molecule has 27 heavy (non-hydrogen) atoms. The summed E-state index contributed by atoms with van der Waals surface area (Å²) in [4.78, 5) is 49.2. The van der Waals surface area contributed by atoms with Crippen LogP contribution in [-0.4, -0.2) is 35.2 Å². The summed E-state index contributed by atoms with van der Waals surface area (Å²) in [6.45, 7) is 5.36. The lowest BCUT2D eigenvalue weighted by molar-refractivity contribution is -0.140. The van der Waals surface area contributed by atoms with Crippen LogP contribution in [-0.2, 0) is 14.4 Å². The molecule has 1 aromatic carbocycles. The highest BCUT2D eigenvalue weighted by molar-refractivity contribution is 6.18. The van der Waals surface area contributed by atoms with Crippen LogP contribution in [0.25, 0.3) is 0 Å². The van der Waals surface area contributed by atoms with Gasteiger partial charge in [-0.05, 0) is 37.6 Å². The molecule has 0 unspecified atom stereocenters. The second kappa shape index (κ2) is 8.98. The summed E-state index contributed by atoms with van der Waals surface area (Å²) in [7, 11) is 0. The molecule has 1 fully saturated rings. The van der Waals surface area contributed by atoms with Crippen molar-refractivity contribution in [1.82, 2.24) is 10.2 Å². The third kappa shape index (κ3) is 4.93. The number of nitrogens with zero attached hydrogens (tertiary/aromatic N) is 1. The number of barbiturate groups is 1. The van der Waals surface area contributed by atoms with Crippen LogP contribution in [0.4, 0.5) is 16.2 Å². The number of carbonyl (C=O) groups is 4. The van der Waals surface area contributed by atoms with Crippen LogP contribution in [0.15, 0.2) is 36.0 Å². The Morgan fingerprint density at radius 2 is 1.74 bits per heavy atom. The minimum Gasteiger partial charge on any atom is -0.358 e. The van der Waals surface area contributed by atoms with Crippen LogP contribution in [0.3, 0.4) is 0 Å². The maximum Gasteiger partial charge on any atom is 0.330 e. The van der Waals surface area contributed by atoms with Gasteiger partial charge in [0.25, 0.3) is 0 Å². The summed E-state index contributed by atoms with van der Waals surface area (Å²) < 4.78 is 0. The third-order valence-corrected chi connectivity index (χ3v) is 4.10. The van der Waals surface area contributed by atoms with Crippen molar-refractivity contribution in [3.63, 3.8) is 0 Å². The number of anilines is 2. The molecule has 0 spiro atoms. The molecule has 1 saturated heterocycles. The molecule has 8 nitrogen and oxygen atoms in total. The van der Waals surface area contributed by atoms with Gasteiger partial charge < -0.3 is 10.6 Å². The van der Waals surface area contributed by atoms with E-state index in [1.807, 2.05) is 6.92 Å². The second-order valence-electron chi connectivity index (χ2n) is 6.20. The normalized spacial score (nSPS) is 17.6. The fourth-order valence-electron chi connectivity index (χ4n) is 2.73. The average Bonchev–Trinajstić information content (AvgIpc) is 2.61. The Morgan fingerprint density at radius 1 is 1.15 bits per heavy atom. The van der Waals surface area contributed by atoms with Crippen molar-refractivity contribution in [2.75, 3.05) is 17.2 Å². The first-order valence-corrected chi connectivity index (χ1v) is 8.84. The quantitative estimate of drug-likeness (QED) is 0.637. The van der Waals surface area contributed by atoms with E-state index in [-0.39, 0.29) is 12.5 Å². The van der Waals surface area contributed by atoms with Gasteiger partial charge in [-0.2, -0.15) is 0 Å². The average molecular weight is 372 g/mol. The van der Waals surface area contributed by atoms with Crippen molar-refractivity contribution >= 4 is 35.1 Å². The lowest BCUT2D eigenvalue weighted by Gasteiger charge is -2.31. The SMILES string of the molecule is CC=C(Nc1ccc(NC(C)=O)cc1)[C@@H]1C(=O)NC(=O)N(CCCC)C1=O. The molecule has 1 aliphatic heterocycles. The van der Waals surface area contributed by atoms with Crippen molar-refractivity contribution in [3.8, 4) is 0 Å². The van der Waals surface area contributed by atoms with E-state index in [1.54, 1.807) is 37.3 Å². The van der Waals surface area contributed by atoms with Crippen molar-refractivity contribution in [3.05, 3.63) is 36.0 Å². The topological polar surface area (TPSA) is 108 Å². The lowest BCUT2D eigenvalue weighted by atomic mass is 9.99. The van der Waals surface area contributed by atoms with Crippen molar-refractivity contribution in [2.24, 2.45) is 5.92 Å². The van der Waals surface area contributed by atoms with Gasteiger partial charge in [0.2, 0.25) is 17.7 Å². The summed E-state index contributed by atoms with van der Waals surface area (Å²) in [5.41, 5.74) is 1.67. The van der Waals surface area contributed by atoms with Gasteiger partial charge in [-0.1, -0.05) is 19.4 Å². The van der Waals surface area contributed by atoms with Crippen LogP contribution in [0, 0.1) is 5.92 Å². The first-order chi connectivity index (χ1) is 12.9. The van der Waals surface area contributed by atoms with E-state index in [0.717, 1.165) is 11.3 Å². The van der Waals surface area contributed by atoms with Crippen molar-refractivity contribution in [1.29, 1.82) is 0 Å². The van der Waals surface area contributed by atoms with E-state index in [1.165, 1.54) is 6.92 Å². The van der Waals surface area contributed by atoms with Gasteiger partial charge in [-0.3, -0.25) is 24.6 Å². The highest BCUT2D eigenvalue weighted by Gasteiger charge is 2.42. The Bertz CT molecular complexity index is 770. The first-order valence-electron chi connectivity index (χ1n) is 8.84. The van der Waals surface area contributed by atoms with E-state index in [4.69, 9.17) is 0 Å². The number of nitrogens with one attached hydrogen (secondary N) is 3. The zero-order valence-corrected chi connectivity index (χ0v) is 15.7. The molecule has 0 aliphatic carbocycles. The predicted octanol–water partition coefficient (Wildman–Crippen LogP) is 2.46. The van der Waals surface area contributed by atoms with Gasteiger partial charge in [-0.25, -0.2) is 4.79 Å². The number of hydrogen-bond acceptors (Lipinski definition) is 5. The number of amides is 5. The van der Waals surface area contributed by atoms with Gasteiger partial charge in [0, 0.05) is 30.5 Å². The Kier molecular flexibility index (Phi) is 6.70. The standard InChI is InChI=1S/C19H24N4O4/c1-4-6-11-23-18(26)16(17(25)22-19(23)27)15(5-2)21-14-9-7-13(8-10-14)20-12(3)24/h5,7-10,16,21H,4,6,11H2,1-3H3,(H,20,24)(H,22,25,27)/t16-/m1/s1. The van der Waals surface area contributed by atoms with E-state index in [0.29, 0.717) is 23.5 Å². The fraction of sp³-hybridized carbons (Fsp3) is 0.368. The maximum absolute atomic E-state index is 12.7. The van der Waals surface area contributed by atoms with Crippen LogP contribution in [0.1, 0.15) is 33.6 Å². The fourth-order valence-corrected chi connectivity index (χ4v) is 2.73. The largest absolute Gasteiger partial charge is 0.358 e. The Labute approximate surface area is 158 Å². The van der Waals surface area contributed by atoms with E-state index >= 15 is 0 Å². The molecule has 0 bridgehead atoms. The number of imide groups is 2. The first kappa shape index (κ1) is 20.2. The summed E-state index contributed by atoms with van der Waals surface area (Å²) in [6.07, 6.45) is 3.13.